The standard InChI is InChI=1S/C2H4ClO2P/c1-2(3)6(4)5/h2H,1H3/p+1. The van der Waals surface area contributed by atoms with Crippen LogP contribution in [0, 0.1) is 0 Å². The van der Waals surface area contributed by atoms with Crippen LogP contribution in [-0.2, 0) is 4.57 Å². The van der Waals surface area contributed by atoms with Crippen LogP contribution in [0.2, 0.25) is 0 Å². The van der Waals surface area contributed by atoms with E-state index in [9.17, 15) is 4.57 Å². The van der Waals surface area contributed by atoms with E-state index in [1.807, 2.05) is 0 Å². The number of alkyl halides is 1. The molecule has 0 amide bonds. The van der Waals surface area contributed by atoms with Crippen LogP contribution in [0.5, 0.6) is 0 Å². The summed E-state index contributed by atoms with van der Waals surface area (Å²) in [6.45, 7) is 1.47. The summed E-state index contributed by atoms with van der Waals surface area (Å²) in [5.74, 6) is 0. The van der Waals surface area contributed by atoms with E-state index in [1.165, 1.54) is 6.92 Å². The lowest BCUT2D eigenvalue weighted by atomic mass is 11.0. The fourth-order valence-corrected chi connectivity index (χ4v) is 0. The molecular weight excluding hydrogens is 122 g/mol. The van der Waals surface area contributed by atoms with Crippen molar-refractivity contribution in [2.24, 2.45) is 0 Å². The molecule has 0 radical (unpaired) electrons. The van der Waals surface area contributed by atoms with Crippen molar-refractivity contribution in [1.29, 1.82) is 0 Å². The summed E-state index contributed by atoms with van der Waals surface area (Å²) in [4.78, 5) is 8.01. The highest BCUT2D eigenvalue weighted by Crippen LogP contribution is 2.23. The lowest BCUT2D eigenvalue weighted by Crippen LogP contribution is -1.75. The van der Waals surface area contributed by atoms with Crippen molar-refractivity contribution >= 4 is 19.6 Å². The zero-order valence-corrected chi connectivity index (χ0v) is 4.91. The van der Waals surface area contributed by atoms with Gasteiger partial charge in [0, 0.05) is 0 Å². The van der Waals surface area contributed by atoms with Crippen LogP contribution >= 0.6 is 19.6 Å². The van der Waals surface area contributed by atoms with Crippen molar-refractivity contribution in [2.45, 2.75) is 12.0 Å². The zero-order chi connectivity index (χ0) is 5.15. The third-order valence-corrected chi connectivity index (χ3v) is 1.41. The smallest absolute Gasteiger partial charge is 0.160 e. The second-order valence-electron chi connectivity index (χ2n) is 0.877. The van der Waals surface area contributed by atoms with Crippen LogP contribution in [0.25, 0.3) is 0 Å². The summed E-state index contributed by atoms with van der Waals surface area (Å²) < 4.78 is 9.72. The lowest BCUT2D eigenvalue weighted by Gasteiger charge is -1.71. The van der Waals surface area contributed by atoms with Gasteiger partial charge in [-0.15, -0.1) is 0 Å². The molecule has 0 aliphatic carbocycles. The molecule has 0 rings (SSSR count). The molecule has 0 aliphatic heterocycles. The molecule has 6 heavy (non-hydrogen) atoms. The van der Waals surface area contributed by atoms with Crippen molar-refractivity contribution in [3.05, 3.63) is 0 Å². The van der Waals surface area contributed by atoms with Gasteiger partial charge >= 0.3 is 8.03 Å². The molecule has 1 N–H and O–H groups in total. The Bertz CT molecular complexity index is 62.6. The molecule has 0 saturated heterocycles. The van der Waals surface area contributed by atoms with E-state index in [-0.39, 0.29) is 0 Å². The Morgan fingerprint density at radius 2 is 2.17 bits per heavy atom. The molecular formula is C2H5ClO2P+. The van der Waals surface area contributed by atoms with Gasteiger partial charge in [-0.25, -0.2) is 0 Å². The predicted molar refractivity (Wildman–Crippen MR) is 25.1 cm³/mol. The van der Waals surface area contributed by atoms with Gasteiger partial charge in [-0.05, 0) is 11.5 Å². The fourth-order valence-electron chi connectivity index (χ4n) is 0. The number of hydrogen-bond donors (Lipinski definition) is 1. The summed E-state index contributed by atoms with van der Waals surface area (Å²) in [6.07, 6.45) is 0. The zero-order valence-electron chi connectivity index (χ0n) is 3.26. The Morgan fingerprint density at radius 3 is 2.17 bits per heavy atom. The molecule has 2 unspecified atom stereocenters. The van der Waals surface area contributed by atoms with Crippen LogP contribution in [-0.4, -0.2) is 10.0 Å². The van der Waals surface area contributed by atoms with Gasteiger partial charge in [-0.2, -0.15) is 4.89 Å². The summed E-state index contributed by atoms with van der Waals surface area (Å²) in [5.41, 5.74) is 0. The first kappa shape index (κ1) is 6.35. The molecule has 2 nitrogen and oxygen atoms in total. The van der Waals surface area contributed by atoms with Gasteiger partial charge in [-0.1, -0.05) is 11.6 Å². The molecule has 0 aromatic rings. The first-order valence-electron chi connectivity index (χ1n) is 1.44. The van der Waals surface area contributed by atoms with E-state index in [0.29, 0.717) is 0 Å². The Morgan fingerprint density at radius 1 is 2.00 bits per heavy atom. The van der Waals surface area contributed by atoms with E-state index >= 15 is 0 Å². The molecule has 2 atom stereocenters. The molecule has 0 aromatic carbocycles. The second-order valence-corrected chi connectivity index (χ2v) is 3.22. The quantitative estimate of drug-likeness (QED) is 0.426. The van der Waals surface area contributed by atoms with Crippen LogP contribution in [0.4, 0.5) is 0 Å². The average molecular weight is 127 g/mol. The molecule has 0 aliphatic rings. The largest absolute Gasteiger partial charge is 0.524 e. The van der Waals surface area contributed by atoms with Gasteiger partial charge in [0.2, 0.25) is 0 Å². The monoisotopic (exact) mass is 127 g/mol. The Balaban J connectivity index is 3.26. The highest BCUT2D eigenvalue weighted by Gasteiger charge is 2.17. The number of rotatable bonds is 1. The normalized spacial score (nSPS) is 16.8. The topological polar surface area (TPSA) is 37.3 Å². The van der Waals surface area contributed by atoms with E-state index in [1.54, 1.807) is 0 Å². The van der Waals surface area contributed by atoms with Crippen LogP contribution < -0.4 is 0 Å². The summed E-state index contributed by atoms with van der Waals surface area (Å²) in [5, 5.41) is -0.611. The first-order chi connectivity index (χ1) is 2.64. The van der Waals surface area contributed by atoms with Gasteiger partial charge in [0.15, 0.2) is 0 Å². The summed E-state index contributed by atoms with van der Waals surface area (Å²) >= 11 is 5.08. The Hall–Kier alpha value is 0.350. The summed E-state index contributed by atoms with van der Waals surface area (Å²) in [7, 11) is -2.14. The molecule has 0 fully saturated rings. The maximum Gasteiger partial charge on any atom is 0.524 e. The SMILES string of the molecule is CC(Cl)[P+](=O)O. The third kappa shape index (κ3) is 2.58. The Kier molecular flexibility index (Phi) is 2.66. The van der Waals surface area contributed by atoms with Crippen molar-refractivity contribution in [2.75, 3.05) is 0 Å². The minimum atomic E-state index is -2.14. The average Bonchev–Trinajstić information content (AvgIpc) is 1.36. The van der Waals surface area contributed by atoms with Crippen LogP contribution in [0.1, 0.15) is 6.92 Å². The molecule has 0 spiro atoms. The molecule has 0 aromatic heterocycles. The van der Waals surface area contributed by atoms with E-state index in [0.717, 1.165) is 0 Å². The van der Waals surface area contributed by atoms with Crippen molar-refractivity contribution in [3.8, 4) is 0 Å². The van der Waals surface area contributed by atoms with Crippen molar-refractivity contribution in [1.82, 2.24) is 0 Å². The van der Waals surface area contributed by atoms with Gasteiger partial charge in [0.25, 0.3) is 5.12 Å². The Labute approximate surface area is 42.0 Å². The highest BCUT2D eigenvalue weighted by atomic mass is 35.5. The first-order valence-corrected chi connectivity index (χ1v) is 3.15. The predicted octanol–water partition coefficient (Wildman–Crippen LogP) is 1.31. The minimum Gasteiger partial charge on any atom is -0.160 e. The molecule has 0 heterocycles. The van der Waals surface area contributed by atoms with Crippen molar-refractivity contribution < 1.29 is 9.46 Å². The van der Waals surface area contributed by atoms with Crippen LogP contribution in [0.15, 0.2) is 0 Å². The maximum absolute atomic E-state index is 9.72. The molecule has 0 saturated carbocycles. The number of halogens is 1. The second kappa shape index (κ2) is 2.51. The molecule has 36 valence electrons. The van der Waals surface area contributed by atoms with E-state index in [4.69, 9.17) is 16.5 Å². The maximum atomic E-state index is 9.72. The highest BCUT2D eigenvalue weighted by molar-refractivity contribution is 7.41. The minimum absolute atomic E-state index is 0.611. The van der Waals surface area contributed by atoms with Gasteiger partial charge in [0.05, 0.1) is 0 Å². The molecule has 0 bridgehead atoms. The van der Waals surface area contributed by atoms with Crippen molar-refractivity contribution in [3.63, 3.8) is 0 Å². The fraction of sp³-hybridized carbons (Fsp3) is 1.00. The van der Waals surface area contributed by atoms with E-state index in [2.05, 4.69) is 0 Å². The third-order valence-electron chi connectivity index (χ3n) is 0.304. The van der Waals surface area contributed by atoms with E-state index < -0.39 is 13.1 Å². The van der Waals surface area contributed by atoms with Gasteiger partial charge < -0.3 is 0 Å². The number of hydrogen-bond acceptors (Lipinski definition) is 1. The molecule has 4 heteroatoms. The van der Waals surface area contributed by atoms with Crippen LogP contribution in [0.3, 0.4) is 0 Å². The lowest BCUT2D eigenvalue weighted by molar-refractivity contribution is 0.501. The van der Waals surface area contributed by atoms with Gasteiger partial charge in [0.1, 0.15) is 0 Å². The summed E-state index contributed by atoms with van der Waals surface area (Å²) in [6, 6.07) is 0. The van der Waals surface area contributed by atoms with Gasteiger partial charge in [-0.3, -0.25) is 0 Å².